The molecule has 1 aromatic carbocycles. The third-order valence-electron chi connectivity index (χ3n) is 5.17. The molecule has 1 unspecified atom stereocenters. The van der Waals surface area contributed by atoms with Crippen LogP contribution in [0.25, 0.3) is 0 Å². The van der Waals surface area contributed by atoms with Gasteiger partial charge in [0.25, 0.3) is 0 Å². The highest BCUT2D eigenvalue weighted by Gasteiger charge is 2.41. The highest BCUT2D eigenvalue weighted by atomic mass is 32.2. The summed E-state index contributed by atoms with van der Waals surface area (Å²) in [6.45, 7) is 3.89. The van der Waals surface area contributed by atoms with Crippen LogP contribution in [0.3, 0.4) is 0 Å². The molecular weight excluding hydrogens is 362 g/mol. The van der Waals surface area contributed by atoms with Crippen LogP contribution in [0.15, 0.2) is 34.1 Å². The van der Waals surface area contributed by atoms with Crippen molar-refractivity contribution < 1.29 is 16.8 Å². The van der Waals surface area contributed by atoms with Crippen molar-refractivity contribution in [3.63, 3.8) is 0 Å². The number of nitrogens with two attached hydrogens (primary N) is 1. The van der Waals surface area contributed by atoms with Crippen molar-refractivity contribution in [3.8, 4) is 0 Å². The number of hydrogen-bond acceptors (Lipinski definition) is 5. The molecule has 0 radical (unpaired) electrons. The fourth-order valence-electron chi connectivity index (χ4n) is 3.43. The first-order valence-corrected chi connectivity index (χ1v) is 11.4. The molecule has 0 amide bonds. The van der Waals surface area contributed by atoms with Crippen molar-refractivity contribution in [3.05, 3.63) is 24.3 Å². The van der Waals surface area contributed by atoms with E-state index in [0.717, 1.165) is 12.8 Å². The van der Waals surface area contributed by atoms with Crippen LogP contribution in [0.5, 0.6) is 0 Å². The lowest BCUT2D eigenvalue weighted by molar-refractivity contribution is 0.349. The van der Waals surface area contributed by atoms with Crippen molar-refractivity contribution in [2.75, 3.05) is 32.7 Å². The molecule has 0 saturated carbocycles. The topological polar surface area (TPSA) is 101 Å². The molecule has 2 fully saturated rings. The first-order valence-electron chi connectivity index (χ1n) is 8.50. The third-order valence-corrected chi connectivity index (χ3v) is 9.15. The summed E-state index contributed by atoms with van der Waals surface area (Å²) in [6.07, 6.45) is 2.27. The SMILES string of the molecule is CC1(CN)CCN(S(=O)(=O)c2ccccc2S(=O)(=O)N2CCCC2)C1. The number of benzene rings is 1. The molecule has 2 aliphatic heterocycles. The molecule has 1 aromatic rings. The van der Waals surface area contributed by atoms with Gasteiger partial charge in [-0.1, -0.05) is 19.1 Å². The summed E-state index contributed by atoms with van der Waals surface area (Å²) in [6, 6.07) is 5.90. The van der Waals surface area contributed by atoms with Crippen molar-refractivity contribution in [2.24, 2.45) is 11.1 Å². The lowest BCUT2D eigenvalue weighted by Gasteiger charge is -2.24. The lowest BCUT2D eigenvalue weighted by atomic mass is 9.90. The van der Waals surface area contributed by atoms with Gasteiger partial charge in [0.2, 0.25) is 20.0 Å². The highest BCUT2D eigenvalue weighted by molar-refractivity contribution is 7.92. The van der Waals surface area contributed by atoms with E-state index in [2.05, 4.69) is 0 Å². The Bertz CT molecular complexity index is 848. The molecule has 2 heterocycles. The summed E-state index contributed by atoms with van der Waals surface area (Å²) in [5.74, 6) is 0. The smallest absolute Gasteiger partial charge is 0.244 e. The van der Waals surface area contributed by atoms with Crippen LogP contribution >= 0.6 is 0 Å². The second kappa shape index (κ2) is 6.62. The van der Waals surface area contributed by atoms with E-state index in [-0.39, 0.29) is 15.2 Å². The van der Waals surface area contributed by atoms with Crippen LogP contribution in [-0.2, 0) is 20.0 Å². The van der Waals surface area contributed by atoms with Gasteiger partial charge in [-0.15, -0.1) is 0 Å². The molecular formula is C16H25N3O4S2. The van der Waals surface area contributed by atoms with E-state index in [1.165, 1.54) is 20.7 Å². The minimum atomic E-state index is -3.89. The Morgan fingerprint density at radius 3 is 1.96 bits per heavy atom. The van der Waals surface area contributed by atoms with Crippen molar-refractivity contribution in [2.45, 2.75) is 36.0 Å². The maximum absolute atomic E-state index is 13.1. The van der Waals surface area contributed by atoms with Crippen LogP contribution in [0.4, 0.5) is 0 Å². The first-order chi connectivity index (χ1) is 11.7. The number of sulfonamides is 2. The van der Waals surface area contributed by atoms with E-state index < -0.39 is 20.0 Å². The van der Waals surface area contributed by atoms with Gasteiger partial charge in [-0.25, -0.2) is 16.8 Å². The molecule has 2 aliphatic rings. The first kappa shape index (κ1) is 18.8. The van der Waals surface area contributed by atoms with Gasteiger partial charge in [-0.05, 0) is 43.4 Å². The zero-order chi connectivity index (χ0) is 18.3. The minimum absolute atomic E-state index is 0.127. The van der Waals surface area contributed by atoms with Gasteiger partial charge in [0.15, 0.2) is 0 Å². The molecule has 0 bridgehead atoms. The normalized spacial score (nSPS) is 26.3. The van der Waals surface area contributed by atoms with E-state index in [1.54, 1.807) is 12.1 Å². The predicted molar refractivity (Wildman–Crippen MR) is 95.0 cm³/mol. The fourth-order valence-corrected chi connectivity index (χ4v) is 7.32. The molecule has 1 atom stereocenters. The van der Waals surface area contributed by atoms with Gasteiger partial charge in [0.05, 0.1) is 0 Å². The molecule has 7 nitrogen and oxygen atoms in total. The van der Waals surface area contributed by atoms with Crippen LogP contribution in [0.1, 0.15) is 26.2 Å². The summed E-state index contributed by atoms with van der Waals surface area (Å²) in [4.78, 5) is -0.263. The maximum atomic E-state index is 13.1. The van der Waals surface area contributed by atoms with E-state index in [1.807, 2.05) is 6.92 Å². The molecule has 3 rings (SSSR count). The second-order valence-electron chi connectivity index (χ2n) is 7.16. The Morgan fingerprint density at radius 1 is 0.960 bits per heavy atom. The Morgan fingerprint density at radius 2 is 1.48 bits per heavy atom. The van der Waals surface area contributed by atoms with Gasteiger partial charge < -0.3 is 5.73 Å². The zero-order valence-corrected chi connectivity index (χ0v) is 16.0. The zero-order valence-electron chi connectivity index (χ0n) is 14.4. The average Bonchev–Trinajstić information content (AvgIpc) is 3.26. The average molecular weight is 388 g/mol. The van der Waals surface area contributed by atoms with Crippen LogP contribution in [-0.4, -0.2) is 58.2 Å². The van der Waals surface area contributed by atoms with Crippen LogP contribution < -0.4 is 5.73 Å². The highest BCUT2D eigenvalue weighted by Crippen LogP contribution is 2.35. The fraction of sp³-hybridized carbons (Fsp3) is 0.625. The number of hydrogen-bond donors (Lipinski definition) is 1. The van der Waals surface area contributed by atoms with Gasteiger partial charge in [-0.2, -0.15) is 8.61 Å². The van der Waals surface area contributed by atoms with Crippen molar-refractivity contribution >= 4 is 20.0 Å². The summed E-state index contributed by atoms with van der Waals surface area (Å²) in [7, 11) is -7.70. The number of nitrogens with zero attached hydrogens (tertiary/aromatic N) is 2. The molecule has 2 saturated heterocycles. The van der Waals surface area contributed by atoms with Gasteiger partial charge in [0.1, 0.15) is 9.79 Å². The minimum Gasteiger partial charge on any atom is -0.330 e. The summed E-state index contributed by atoms with van der Waals surface area (Å²) < 4.78 is 54.8. The molecule has 140 valence electrons. The standard InChI is InChI=1S/C16H25N3O4S2/c1-16(12-17)8-11-19(13-16)25(22,23)15-7-3-2-6-14(15)24(20,21)18-9-4-5-10-18/h2-3,6-7H,4-5,8-13,17H2,1H3. The second-order valence-corrected chi connectivity index (χ2v) is 11.0. The monoisotopic (exact) mass is 387 g/mol. The van der Waals surface area contributed by atoms with E-state index >= 15 is 0 Å². The Labute approximate surface area is 149 Å². The van der Waals surface area contributed by atoms with E-state index in [4.69, 9.17) is 5.73 Å². The van der Waals surface area contributed by atoms with Gasteiger partial charge >= 0.3 is 0 Å². The van der Waals surface area contributed by atoms with E-state index in [0.29, 0.717) is 39.1 Å². The summed E-state index contributed by atoms with van der Waals surface area (Å²) in [5.41, 5.74) is 5.50. The predicted octanol–water partition coefficient (Wildman–Crippen LogP) is 0.831. The molecule has 0 aliphatic carbocycles. The van der Waals surface area contributed by atoms with E-state index in [9.17, 15) is 16.8 Å². The van der Waals surface area contributed by atoms with Crippen LogP contribution in [0.2, 0.25) is 0 Å². The number of rotatable bonds is 5. The summed E-state index contributed by atoms with van der Waals surface area (Å²) in [5, 5.41) is 0. The molecule has 0 spiro atoms. The lowest BCUT2D eigenvalue weighted by Crippen LogP contribution is -2.36. The van der Waals surface area contributed by atoms with Gasteiger partial charge in [-0.3, -0.25) is 0 Å². The third kappa shape index (κ3) is 3.35. The van der Waals surface area contributed by atoms with Crippen molar-refractivity contribution in [1.29, 1.82) is 0 Å². The quantitative estimate of drug-likeness (QED) is 0.806. The maximum Gasteiger partial charge on any atom is 0.244 e. The van der Waals surface area contributed by atoms with Gasteiger partial charge in [0, 0.05) is 26.2 Å². The molecule has 9 heteroatoms. The largest absolute Gasteiger partial charge is 0.330 e. The summed E-state index contributed by atoms with van der Waals surface area (Å²) >= 11 is 0. The molecule has 2 N–H and O–H groups in total. The molecule has 0 aromatic heterocycles. The Kier molecular flexibility index (Phi) is 4.97. The van der Waals surface area contributed by atoms with Crippen molar-refractivity contribution in [1.82, 2.24) is 8.61 Å². The molecule has 25 heavy (non-hydrogen) atoms. The Balaban J connectivity index is 2.01. The van der Waals surface area contributed by atoms with Crippen LogP contribution in [0, 0.1) is 5.41 Å². The Hall–Kier alpha value is -1.00.